The van der Waals surface area contributed by atoms with Crippen molar-refractivity contribution in [3.8, 4) is 17.1 Å². The van der Waals surface area contributed by atoms with Crippen LogP contribution in [0.3, 0.4) is 0 Å². The molecule has 0 aliphatic heterocycles. The molecule has 258 valence electrons. The van der Waals surface area contributed by atoms with Crippen LogP contribution in [0, 0.1) is 0 Å². The molecule has 8 aromatic carbocycles. The van der Waals surface area contributed by atoms with Crippen molar-refractivity contribution < 1.29 is 8.83 Å². The van der Waals surface area contributed by atoms with Crippen molar-refractivity contribution in [1.29, 1.82) is 0 Å². The number of anilines is 3. The Labute approximate surface area is 318 Å². The third-order valence-corrected chi connectivity index (χ3v) is 11.9. The van der Waals surface area contributed by atoms with E-state index in [9.17, 15) is 0 Å². The second kappa shape index (κ2) is 11.7. The average Bonchev–Trinajstić information content (AvgIpc) is 4.02. The molecule has 0 saturated carbocycles. The molecule has 6 heteroatoms. The lowest BCUT2D eigenvalue weighted by atomic mass is 10.1. The molecule has 0 bridgehead atoms. The molecule has 12 aromatic rings. The molecule has 0 aliphatic carbocycles. The van der Waals surface area contributed by atoms with Gasteiger partial charge in [0.2, 0.25) is 5.89 Å². The van der Waals surface area contributed by atoms with Gasteiger partial charge >= 0.3 is 0 Å². The predicted octanol–water partition coefficient (Wildman–Crippen LogP) is 14.3. The molecule has 0 spiro atoms. The number of furan rings is 1. The van der Waals surface area contributed by atoms with E-state index in [2.05, 4.69) is 143 Å². The number of fused-ring (bicyclic) bond motifs is 11. The van der Waals surface area contributed by atoms with E-state index >= 15 is 0 Å². The number of aromatic nitrogens is 2. The third kappa shape index (κ3) is 4.55. The molecule has 4 aromatic heterocycles. The van der Waals surface area contributed by atoms with Crippen molar-refractivity contribution in [2.45, 2.75) is 0 Å². The second-order valence-corrected chi connectivity index (χ2v) is 15.0. The van der Waals surface area contributed by atoms with Gasteiger partial charge in [-0.1, -0.05) is 91.0 Å². The quantitative estimate of drug-likeness (QED) is 0.177. The fourth-order valence-electron chi connectivity index (χ4n) is 8.37. The fourth-order valence-corrected chi connectivity index (χ4v) is 9.51. The number of hydrogen-bond donors (Lipinski definition) is 0. The Balaban J connectivity index is 1.12. The lowest BCUT2D eigenvalue weighted by Crippen LogP contribution is -2.10. The molecule has 0 atom stereocenters. The summed E-state index contributed by atoms with van der Waals surface area (Å²) in [6, 6.07) is 62.0. The summed E-state index contributed by atoms with van der Waals surface area (Å²) >= 11 is 1.83. The highest BCUT2D eigenvalue weighted by molar-refractivity contribution is 7.25. The first-order valence-electron chi connectivity index (χ1n) is 18.4. The molecule has 5 nitrogen and oxygen atoms in total. The molecule has 55 heavy (non-hydrogen) atoms. The molecule has 4 heterocycles. The SMILES string of the molecule is c1ccc(-c2nc3ccc4oc5c(N(c6ccc7c(c6)sc6ccccc67)c6ccc7c(c6)c6ccccc6n7-c6ccccc6)cccc5c4c3o2)cc1. The average molecular weight is 724 g/mol. The summed E-state index contributed by atoms with van der Waals surface area (Å²) in [7, 11) is 0. The van der Waals surface area contributed by atoms with E-state index in [1.807, 2.05) is 53.8 Å². The number of rotatable bonds is 5. The second-order valence-electron chi connectivity index (χ2n) is 13.9. The van der Waals surface area contributed by atoms with Crippen LogP contribution in [0.2, 0.25) is 0 Å². The first-order chi connectivity index (χ1) is 27.3. The van der Waals surface area contributed by atoms with Crippen LogP contribution in [0.1, 0.15) is 0 Å². The minimum Gasteiger partial charge on any atom is -0.454 e. The van der Waals surface area contributed by atoms with Crippen molar-refractivity contribution in [3.05, 3.63) is 176 Å². The largest absolute Gasteiger partial charge is 0.454 e. The van der Waals surface area contributed by atoms with E-state index in [-0.39, 0.29) is 0 Å². The topological polar surface area (TPSA) is 47.3 Å². The molecular weight excluding hydrogens is 695 g/mol. The molecule has 12 rings (SSSR count). The summed E-state index contributed by atoms with van der Waals surface area (Å²) < 4.78 is 18.2. The van der Waals surface area contributed by atoms with E-state index in [4.69, 9.17) is 13.8 Å². The zero-order valence-corrected chi connectivity index (χ0v) is 30.1. The molecular formula is C49H29N3O2S. The van der Waals surface area contributed by atoms with Crippen LogP contribution < -0.4 is 4.90 Å². The first kappa shape index (κ1) is 30.3. The number of thiophene rings is 1. The molecule has 0 N–H and O–H groups in total. The van der Waals surface area contributed by atoms with Gasteiger partial charge in [0, 0.05) is 59.0 Å². The Morgan fingerprint density at radius 2 is 1.20 bits per heavy atom. The number of oxazole rings is 1. The molecule has 0 aliphatic rings. The monoisotopic (exact) mass is 723 g/mol. The van der Waals surface area contributed by atoms with E-state index < -0.39 is 0 Å². The van der Waals surface area contributed by atoms with Gasteiger partial charge in [-0.25, -0.2) is 4.98 Å². The lowest BCUT2D eigenvalue weighted by Gasteiger charge is -2.26. The van der Waals surface area contributed by atoms with E-state index in [0.717, 1.165) is 66.9 Å². The van der Waals surface area contributed by atoms with Crippen LogP contribution in [0.15, 0.2) is 185 Å². The van der Waals surface area contributed by atoms with Gasteiger partial charge in [-0.2, -0.15) is 0 Å². The maximum atomic E-state index is 6.85. The maximum Gasteiger partial charge on any atom is 0.227 e. The van der Waals surface area contributed by atoms with Crippen molar-refractivity contribution >= 4 is 103 Å². The summed E-state index contributed by atoms with van der Waals surface area (Å²) in [5.41, 5.74) is 10.5. The molecule has 0 fully saturated rings. The first-order valence-corrected chi connectivity index (χ1v) is 19.2. The van der Waals surface area contributed by atoms with Gasteiger partial charge in [0.25, 0.3) is 0 Å². The number of para-hydroxylation sites is 3. The minimum atomic E-state index is 0.592. The van der Waals surface area contributed by atoms with E-state index in [1.54, 1.807) is 0 Å². The predicted molar refractivity (Wildman–Crippen MR) is 229 cm³/mol. The van der Waals surface area contributed by atoms with Gasteiger partial charge in [-0.15, -0.1) is 11.3 Å². The highest BCUT2D eigenvalue weighted by Gasteiger charge is 2.24. The van der Waals surface area contributed by atoms with Gasteiger partial charge in [0.1, 0.15) is 11.1 Å². The summed E-state index contributed by atoms with van der Waals surface area (Å²) in [5, 5.41) is 6.81. The maximum absolute atomic E-state index is 6.85. The molecule has 0 unspecified atom stereocenters. The van der Waals surface area contributed by atoms with E-state index in [1.165, 1.54) is 36.5 Å². The Kier molecular flexibility index (Phi) is 6.44. The zero-order valence-electron chi connectivity index (χ0n) is 29.3. The van der Waals surface area contributed by atoms with Gasteiger partial charge in [0.05, 0.1) is 22.1 Å². The summed E-state index contributed by atoms with van der Waals surface area (Å²) in [4.78, 5) is 7.22. The lowest BCUT2D eigenvalue weighted by molar-refractivity contribution is 0.622. The van der Waals surface area contributed by atoms with Crippen LogP contribution in [-0.4, -0.2) is 9.55 Å². The van der Waals surface area contributed by atoms with Crippen molar-refractivity contribution in [2.24, 2.45) is 0 Å². The Hall–Kier alpha value is -7.15. The van der Waals surface area contributed by atoms with Crippen LogP contribution in [0.25, 0.3) is 92.2 Å². The summed E-state index contributed by atoms with van der Waals surface area (Å²) in [6.07, 6.45) is 0. The van der Waals surface area contributed by atoms with E-state index in [0.29, 0.717) is 5.89 Å². The minimum absolute atomic E-state index is 0.592. The van der Waals surface area contributed by atoms with Crippen molar-refractivity contribution in [3.63, 3.8) is 0 Å². The normalized spacial score (nSPS) is 12.0. The van der Waals surface area contributed by atoms with Crippen molar-refractivity contribution in [1.82, 2.24) is 9.55 Å². The van der Waals surface area contributed by atoms with Crippen LogP contribution in [0.4, 0.5) is 17.1 Å². The fraction of sp³-hybridized carbons (Fsp3) is 0. The molecule has 0 radical (unpaired) electrons. The summed E-state index contributed by atoms with van der Waals surface area (Å²) in [5.74, 6) is 0.592. The molecule has 0 amide bonds. The number of hydrogen-bond acceptors (Lipinski definition) is 5. The van der Waals surface area contributed by atoms with Crippen LogP contribution >= 0.6 is 11.3 Å². The van der Waals surface area contributed by atoms with Crippen LogP contribution in [-0.2, 0) is 0 Å². The van der Waals surface area contributed by atoms with Crippen LogP contribution in [0.5, 0.6) is 0 Å². The highest BCUT2D eigenvalue weighted by Crippen LogP contribution is 2.47. The van der Waals surface area contributed by atoms with Crippen molar-refractivity contribution in [2.75, 3.05) is 4.90 Å². The zero-order chi connectivity index (χ0) is 36.0. The number of benzene rings is 8. The standard InChI is InChI=1S/C49H29N3O2S/c1-3-12-30(13-4-1)49-50-39-25-27-43-46(48(39)54-49)37-18-11-20-42(47(37)53-43)51(33-22-24-36-35-17-8-10-21-44(35)55-45(36)29-33)32-23-26-41-38(28-32)34-16-7-9-19-40(34)52(41)31-14-5-2-6-15-31/h1-29H. The summed E-state index contributed by atoms with van der Waals surface area (Å²) in [6.45, 7) is 0. The Morgan fingerprint density at radius 3 is 2.09 bits per heavy atom. The smallest absolute Gasteiger partial charge is 0.227 e. The Bertz CT molecular complexity index is 3450. The number of nitrogens with zero attached hydrogens (tertiary/aromatic N) is 3. The van der Waals surface area contributed by atoms with Gasteiger partial charge in [-0.3, -0.25) is 0 Å². The third-order valence-electron chi connectivity index (χ3n) is 10.8. The molecule has 0 saturated heterocycles. The van der Waals surface area contributed by atoms with Gasteiger partial charge in [-0.05, 0) is 84.9 Å². The Morgan fingerprint density at radius 1 is 0.491 bits per heavy atom. The van der Waals surface area contributed by atoms with Gasteiger partial charge in [0.15, 0.2) is 11.2 Å². The van der Waals surface area contributed by atoms with Gasteiger partial charge < -0.3 is 18.3 Å². The highest BCUT2D eigenvalue weighted by atomic mass is 32.1.